The van der Waals surface area contributed by atoms with E-state index in [9.17, 15) is 9.18 Å². The molecule has 192 valence electrons. The lowest BCUT2D eigenvalue weighted by Gasteiger charge is -2.42. The first-order valence-electron chi connectivity index (χ1n) is 12.9. The van der Waals surface area contributed by atoms with Gasteiger partial charge in [-0.05, 0) is 56.9 Å². The summed E-state index contributed by atoms with van der Waals surface area (Å²) in [7, 11) is 0. The van der Waals surface area contributed by atoms with E-state index in [0.717, 1.165) is 47.7 Å². The highest BCUT2D eigenvalue weighted by Crippen LogP contribution is 2.43. The van der Waals surface area contributed by atoms with Crippen LogP contribution < -0.4 is 4.74 Å². The summed E-state index contributed by atoms with van der Waals surface area (Å²) < 4.78 is 36.5. The monoisotopic (exact) mass is 495 g/mol. The van der Waals surface area contributed by atoms with Crippen LogP contribution in [0.5, 0.6) is 5.75 Å². The number of hydrogen-bond acceptors (Lipinski definition) is 3. The van der Waals surface area contributed by atoms with Gasteiger partial charge in [0, 0.05) is 53.9 Å². The van der Waals surface area contributed by atoms with Crippen LogP contribution in [0, 0.1) is 11.7 Å². The van der Waals surface area contributed by atoms with E-state index < -0.39 is 23.4 Å². The zero-order chi connectivity index (χ0) is 25.6. The Morgan fingerprint density at radius 1 is 1.19 bits per heavy atom. The van der Waals surface area contributed by atoms with Crippen LogP contribution in [0.2, 0.25) is 0 Å². The molecule has 0 unspecified atom stereocenters. The molecule has 1 saturated heterocycles. The maximum absolute atomic E-state index is 15.7. The molecule has 0 spiro atoms. The quantitative estimate of drug-likeness (QED) is 0.462. The Kier molecular flexibility index (Phi) is 6.54. The fourth-order valence-electron chi connectivity index (χ4n) is 5.62. The molecular weight excluding hydrogens is 460 g/mol. The van der Waals surface area contributed by atoms with Crippen LogP contribution in [0.25, 0.3) is 10.9 Å². The predicted molar refractivity (Wildman–Crippen MR) is 137 cm³/mol. The van der Waals surface area contributed by atoms with Gasteiger partial charge in [0.05, 0.1) is 0 Å². The third-order valence-electron chi connectivity index (χ3n) is 7.67. The van der Waals surface area contributed by atoms with Gasteiger partial charge in [-0.3, -0.25) is 9.69 Å². The number of likely N-dealkylation sites (tertiary alicyclic amines) is 1. The first kappa shape index (κ1) is 24.8. The maximum atomic E-state index is 15.7. The predicted octanol–water partition coefficient (Wildman–Crippen LogP) is 5.64. The van der Waals surface area contributed by atoms with Crippen molar-refractivity contribution in [1.82, 2.24) is 14.8 Å². The zero-order valence-corrected chi connectivity index (χ0v) is 21.5. The molecule has 0 aliphatic carbocycles. The van der Waals surface area contributed by atoms with Crippen LogP contribution >= 0.6 is 0 Å². The molecule has 2 aliphatic heterocycles. The number of benzene rings is 2. The number of aromatic nitrogens is 1. The first-order valence-corrected chi connectivity index (χ1v) is 12.9. The normalized spacial score (nSPS) is 20.9. The standard InChI is InChI=1S/C29H35F2N3O2/c1-5-19-16-33(17-19)12-13-36-20-10-11-22(24(30)15-20)27-26-23(21-8-6-7-9-25(21)32-26)14-18(2)34(27)28(35)29(3,4)31/h6-11,15,18-19,27,32H,5,12-14,16-17H2,1-4H3/t18-,27-/m1/s1. The minimum Gasteiger partial charge on any atom is -0.492 e. The number of carbonyl (C=O) groups excluding carboxylic acids is 1. The Hall–Kier alpha value is -2.93. The molecule has 3 heterocycles. The van der Waals surface area contributed by atoms with E-state index in [0.29, 0.717) is 24.3 Å². The highest BCUT2D eigenvalue weighted by Gasteiger charge is 2.44. The lowest BCUT2D eigenvalue weighted by atomic mass is 9.87. The summed E-state index contributed by atoms with van der Waals surface area (Å²) in [6.07, 6.45) is 1.76. The van der Waals surface area contributed by atoms with Gasteiger partial charge in [0.1, 0.15) is 24.2 Å². The molecule has 1 fully saturated rings. The summed E-state index contributed by atoms with van der Waals surface area (Å²) in [4.78, 5) is 20.5. The minimum absolute atomic E-state index is 0.303. The Balaban J connectivity index is 1.46. The molecule has 5 rings (SSSR count). The van der Waals surface area contributed by atoms with E-state index in [2.05, 4.69) is 16.8 Å². The van der Waals surface area contributed by atoms with Crippen molar-refractivity contribution in [2.24, 2.45) is 5.92 Å². The van der Waals surface area contributed by atoms with Crippen LogP contribution in [0.15, 0.2) is 42.5 Å². The number of halogens is 2. The van der Waals surface area contributed by atoms with Gasteiger partial charge in [0.15, 0.2) is 5.67 Å². The van der Waals surface area contributed by atoms with Crippen molar-refractivity contribution in [3.63, 3.8) is 0 Å². The average Bonchev–Trinajstić information content (AvgIpc) is 3.17. The molecule has 5 nitrogen and oxygen atoms in total. The van der Waals surface area contributed by atoms with Crippen LogP contribution in [0.1, 0.15) is 57.0 Å². The Morgan fingerprint density at radius 2 is 1.94 bits per heavy atom. The molecule has 1 N–H and O–H groups in total. The molecule has 36 heavy (non-hydrogen) atoms. The van der Waals surface area contributed by atoms with Gasteiger partial charge in [-0.1, -0.05) is 31.5 Å². The summed E-state index contributed by atoms with van der Waals surface area (Å²) in [5.74, 6) is 0.104. The molecule has 1 amide bonds. The van der Waals surface area contributed by atoms with Crippen molar-refractivity contribution in [3.05, 3.63) is 65.1 Å². The average molecular weight is 496 g/mol. The van der Waals surface area contributed by atoms with Crippen molar-refractivity contribution in [3.8, 4) is 5.75 Å². The maximum Gasteiger partial charge on any atom is 0.260 e. The zero-order valence-electron chi connectivity index (χ0n) is 21.5. The van der Waals surface area contributed by atoms with Crippen molar-refractivity contribution in [1.29, 1.82) is 0 Å². The van der Waals surface area contributed by atoms with Crippen LogP contribution in [-0.4, -0.2) is 58.6 Å². The van der Waals surface area contributed by atoms with E-state index in [-0.39, 0.29) is 6.04 Å². The number of fused-ring (bicyclic) bond motifs is 3. The summed E-state index contributed by atoms with van der Waals surface area (Å²) in [5, 5.41) is 1.05. The van der Waals surface area contributed by atoms with Crippen molar-refractivity contribution in [2.75, 3.05) is 26.2 Å². The second-order valence-corrected chi connectivity index (χ2v) is 10.8. The van der Waals surface area contributed by atoms with Gasteiger partial charge in [0.2, 0.25) is 0 Å². The number of H-pyrrole nitrogens is 1. The number of amides is 1. The number of hydrogen-bond donors (Lipinski definition) is 1. The van der Waals surface area contributed by atoms with E-state index >= 15 is 4.39 Å². The fourth-order valence-corrected chi connectivity index (χ4v) is 5.62. The first-order chi connectivity index (χ1) is 17.2. The number of ether oxygens (including phenoxy) is 1. The van der Waals surface area contributed by atoms with E-state index in [4.69, 9.17) is 4.74 Å². The number of carbonyl (C=O) groups is 1. The third-order valence-corrected chi connectivity index (χ3v) is 7.67. The number of alkyl halides is 1. The SMILES string of the molecule is CCC1CN(CCOc2ccc([C@@H]3c4[nH]c5ccccc5c4C[C@@H](C)N3C(=O)C(C)(C)F)c(F)c2)C1. The molecule has 0 radical (unpaired) electrons. The molecule has 3 aromatic rings. The van der Waals surface area contributed by atoms with Gasteiger partial charge < -0.3 is 14.6 Å². The molecule has 0 bridgehead atoms. The second kappa shape index (κ2) is 9.51. The van der Waals surface area contributed by atoms with Crippen molar-refractivity contribution in [2.45, 2.75) is 58.3 Å². The van der Waals surface area contributed by atoms with Gasteiger partial charge in [-0.25, -0.2) is 8.78 Å². The van der Waals surface area contributed by atoms with Gasteiger partial charge in [0.25, 0.3) is 5.91 Å². The van der Waals surface area contributed by atoms with Gasteiger partial charge >= 0.3 is 0 Å². The number of rotatable bonds is 7. The number of nitrogens with zero attached hydrogens (tertiary/aromatic N) is 2. The molecular formula is C29H35F2N3O2. The smallest absolute Gasteiger partial charge is 0.260 e. The van der Waals surface area contributed by atoms with Crippen molar-refractivity contribution >= 4 is 16.8 Å². The highest BCUT2D eigenvalue weighted by molar-refractivity contribution is 5.89. The van der Waals surface area contributed by atoms with Gasteiger partial charge in [-0.15, -0.1) is 0 Å². The summed E-state index contributed by atoms with van der Waals surface area (Å²) >= 11 is 0. The minimum atomic E-state index is -2.08. The van der Waals surface area contributed by atoms with Gasteiger partial charge in [-0.2, -0.15) is 0 Å². The van der Waals surface area contributed by atoms with Crippen LogP contribution in [-0.2, 0) is 11.2 Å². The summed E-state index contributed by atoms with van der Waals surface area (Å²) in [6, 6.07) is 11.6. The molecule has 2 atom stereocenters. The Morgan fingerprint density at radius 3 is 2.64 bits per heavy atom. The van der Waals surface area contributed by atoms with E-state index in [1.807, 2.05) is 31.2 Å². The fraction of sp³-hybridized carbons (Fsp3) is 0.483. The van der Waals surface area contributed by atoms with Crippen LogP contribution in [0.4, 0.5) is 8.78 Å². The summed E-state index contributed by atoms with van der Waals surface area (Å²) in [5.41, 5.74) is 0.952. The largest absolute Gasteiger partial charge is 0.492 e. The molecule has 2 aliphatic rings. The van der Waals surface area contributed by atoms with Crippen LogP contribution in [0.3, 0.4) is 0 Å². The lowest BCUT2D eigenvalue weighted by Crippen LogP contribution is -2.52. The Bertz CT molecular complexity index is 1260. The summed E-state index contributed by atoms with van der Waals surface area (Å²) in [6.45, 7) is 10.1. The highest BCUT2D eigenvalue weighted by atomic mass is 19.1. The molecule has 0 saturated carbocycles. The van der Waals surface area contributed by atoms with E-state index in [1.165, 1.54) is 31.2 Å². The second-order valence-electron chi connectivity index (χ2n) is 10.8. The molecule has 1 aromatic heterocycles. The topological polar surface area (TPSA) is 48.6 Å². The number of para-hydroxylation sites is 1. The van der Waals surface area contributed by atoms with Crippen molar-refractivity contribution < 1.29 is 18.3 Å². The molecule has 2 aromatic carbocycles. The number of nitrogens with one attached hydrogen (secondary N) is 1. The Labute approximate surface area is 211 Å². The lowest BCUT2D eigenvalue weighted by molar-refractivity contribution is -0.146. The number of aromatic amines is 1. The molecule has 7 heteroatoms. The third kappa shape index (κ3) is 4.49. The van der Waals surface area contributed by atoms with E-state index in [1.54, 1.807) is 12.1 Å².